The van der Waals surface area contributed by atoms with Crippen LogP contribution in [0.5, 0.6) is 0 Å². The summed E-state index contributed by atoms with van der Waals surface area (Å²) in [6, 6.07) is 11.5. The minimum absolute atomic E-state index is 0.201. The molecule has 0 fully saturated rings. The van der Waals surface area contributed by atoms with Gasteiger partial charge >= 0.3 is 6.03 Å². The molecule has 1 aliphatic rings. The van der Waals surface area contributed by atoms with Crippen LogP contribution in [0, 0.1) is 5.13 Å². The van der Waals surface area contributed by atoms with E-state index in [-0.39, 0.29) is 15.5 Å². The van der Waals surface area contributed by atoms with Gasteiger partial charge in [-0.2, -0.15) is 4.39 Å². The lowest BCUT2D eigenvalue weighted by atomic mass is 10.1. The van der Waals surface area contributed by atoms with Crippen LogP contribution in [0.4, 0.5) is 14.9 Å². The number of nitrogens with one attached hydrogen (secondary N) is 3. The molecule has 0 saturated carbocycles. The highest BCUT2D eigenvalue weighted by Gasteiger charge is 2.22. The Hall–Kier alpha value is -3.61. The molecule has 3 aromatic heterocycles. The average molecular weight is 486 g/mol. The summed E-state index contributed by atoms with van der Waals surface area (Å²) in [5, 5.41) is 6.43. The SMILES string of the molecule is O=C(Nc1ccc(-n2c3c(c4ccccc4c2=O)CNC3)nc1)NS(=O)(=O)c1ccc(F)s1. The number of halogens is 1. The van der Waals surface area contributed by atoms with Crippen molar-refractivity contribution in [3.8, 4) is 5.82 Å². The monoisotopic (exact) mass is 485 g/mol. The third-order valence-corrected chi connectivity index (χ3v) is 7.87. The number of pyridine rings is 2. The quantitative estimate of drug-likeness (QED) is 0.409. The fraction of sp³-hybridized carbons (Fsp3) is 0.0952. The summed E-state index contributed by atoms with van der Waals surface area (Å²) in [5.41, 5.74) is 1.86. The number of urea groups is 1. The number of hydrogen-bond donors (Lipinski definition) is 3. The maximum atomic E-state index is 13.2. The van der Waals surface area contributed by atoms with Crippen LogP contribution in [-0.2, 0) is 23.1 Å². The van der Waals surface area contributed by atoms with E-state index in [1.807, 2.05) is 16.9 Å². The molecule has 0 spiro atoms. The molecule has 4 heterocycles. The molecule has 1 aliphatic heterocycles. The van der Waals surface area contributed by atoms with Crippen molar-refractivity contribution >= 4 is 43.9 Å². The number of fused-ring (bicyclic) bond motifs is 3. The number of amides is 2. The van der Waals surface area contributed by atoms with Gasteiger partial charge in [-0.1, -0.05) is 29.5 Å². The van der Waals surface area contributed by atoms with Gasteiger partial charge in [-0.05, 0) is 41.3 Å². The predicted molar refractivity (Wildman–Crippen MR) is 122 cm³/mol. The van der Waals surface area contributed by atoms with Crippen LogP contribution < -0.4 is 20.9 Å². The third kappa shape index (κ3) is 3.88. The smallest absolute Gasteiger partial charge is 0.307 e. The molecule has 5 rings (SSSR count). The lowest BCUT2D eigenvalue weighted by Gasteiger charge is -2.14. The largest absolute Gasteiger partial charge is 0.333 e. The second-order valence-electron chi connectivity index (χ2n) is 7.24. The minimum Gasteiger partial charge on any atom is -0.307 e. The van der Waals surface area contributed by atoms with Crippen molar-refractivity contribution in [2.45, 2.75) is 17.3 Å². The molecule has 0 unspecified atom stereocenters. The van der Waals surface area contributed by atoms with Crippen LogP contribution in [0.25, 0.3) is 16.6 Å². The molecular weight excluding hydrogens is 469 g/mol. The molecule has 33 heavy (non-hydrogen) atoms. The summed E-state index contributed by atoms with van der Waals surface area (Å²) in [7, 11) is -4.20. The fourth-order valence-electron chi connectivity index (χ4n) is 3.76. The average Bonchev–Trinajstić information content (AvgIpc) is 3.44. The number of aromatic nitrogens is 2. The van der Waals surface area contributed by atoms with E-state index in [0.717, 1.165) is 28.8 Å². The van der Waals surface area contributed by atoms with Gasteiger partial charge in [-0.25, -0.2) is 22.9 Å². The van der Waals surface area contributed by atoms with Crippen LogP contribution in [0.2, 0.25) is 0 Å². The summed E-state index contributed by atoms with van der Waals surface area (Å²) in [6.07, 6.45) is 1.32. The topological polar surface area (TPSA) is 122 Å². The van der Waals surface area contributed by atoms with Crippen molar-refractivity contribution in [2.24, 2.45) is 0 Å². The molecule has 2 amide bonds. The summed E-state index contributed by atoms with van der Waals surface area (Å²) < 4.78 is 40.4. The Labute approximate surface area is 191 Å². The van der Waals surface area contributed by atoms with Gasteiger partial charge in [0.15, 0.2) is 5.13 Å². The Kier molecular flexibility index (Phi) is 5.19. The predicted octanol–water partition coefficient (Wildman–Crippen LogP) is 2.70. The lowest BCUT2D eigenvalue weighted by molar-refractivity contribution is 0.256. The van der Waals surface area contributed by atoms with E-state index in [1.54, 1.807) is 18.2 Å². The van der Waals surface area contributed by atoms with Gasteiger partial charge in [0.25, 0.3) is 15.6 Å². The van der Waals surface area contributed by atoms with Gasteiger partial charge in [-0.15, -0.1) is 0 Å². The summed E-state index contributed by atoms with van der Waals surface area (Å²) in [6.45, 7) is 1.15. The molecule has 3 N–H and O–H groups in total. The molecule has 12 heteroatoms. The zero-order valence-electron chi connectivity index (χ0n) is 16.8. The molecule has 0 radical (unpaired) electrons. The van der Waals surface area contributed by atoms with E-state index in [1.165, 1.54) is 16.8 Å². The van der Waals surface area contributed by atoms with Gasteiger partial charge in [0.2, 0.25) is 0 Å². The molecule has 168 valence electrons. The zero-order chi connectivity index (χ0) is 23.2. The Bertz CT molecular complexity index is 1560. The van der Waals surface area contributed by atoms with E-state index in [0.29, 0.717) is 35.6 Å². The van der Waals surface area contributed by atoms with Crippen LogP contribution in [0.15, 0.2) is 63.7 Å². The highest BCUT2D eigenvalue weighted by molar-refractivity contribution is 7.92. The van der Waals surface area contributed by atoms with Crippen LogP contribution in [-0.4, -0.2) is 24.0 Å². The number of carbonyl (C=O) groups excluding carboxylic acids is 1. The maximum absolute atomic E-state index is 13.2. The summed E-state index contributed by atoms with van der Waals surface area (Å²) >= 11 is 0.407. The molecule has 0 bridgehead atoms. The van der Waals surface area contributed by atoms with Gasteiger partial charge < -0.3 is 10.6 Å². The Morgan fingerprint density at radius 3 is 2.58 bits per heavy atom. The Morgan fingerprint density at radius 1 is 1.09 bits per heavy atom. The van der Waals surface area contributed by atoms with E-state index >= 15 is 0 Å². The highest BCUT2D eigenvalue weighted by atomic mass is 32.2. The number of carbonyl (C=O) groups is 1. The standard InChI is InChI=1S/C21H16FN5O4S2/c22-17-6-8-19(32-17)33(30,31)26-21(29)25-12-5-7-18(24-9-12)27-16-11-23-10-15(16)13-3-1-2-4-14(13)20(27)28/h1-9,23H,10-11H2,(H2,25,26,29). The molecule has 9 nitrogen and oxygen atoms in total. The zero-order valence-corrected chi connectivity index (χ0v) is 18.5. The number of thiophene rings is 1. The van der Waals surface area contributed by atoms with E-state index in [4.69, 9.17) is 0 Å². The fourth-order valence-corrected chi connectivity index (χ4v) is 5.67. The van der Waals surface area contributed by atoms with E-state index < -0.39 is 21.2 Å². The normalized spacial score (nSPS) is 13.1. The molecular formula is C21H16FN5O4S2. The number of hydrogen-bond acceptors (Lipinski definition) is 7. The van der Waals surface area contributed by atoms with Crippen LogP contribution in [0.3, 0.4) is 0 Å². The van der Waals surface area contributed by atoms with Gasteiger partial charge in [0.1, 0.15) is 10.0 Å². The first kappa shape index (κ1) is 21.2. The molecule has 0 atom stereocenters. The first-order valence-electron chi connectivity index (χ1n) is 9.75. The Balaban J connectivity index is 1.41. The summed E-state index contributed by atoms with van der Waals surface area (Å²) in [5.74, 6) is 0.373. The van der Waals surface area contributed by atoms with Crippen molar-refractivity contribution in [3.05, 3.63) is 81.5 Å². The second-order valence-corrected chi connectivity index (χ2v) is 10.2. The third-order valence-electron chi connectivity index (χ3n) is 5.17. The number of rotatable bonds is 4. The maximum Gasteiger partial charge on any atom is 0.333 e. The number of benzene rings is 1. The van der Waals surface area contributed by atoms with Crippen molar-refractivity contribution < 1.29 is 17.6 Å². The van der Waals surface area contributed by atoms with Crippen LogP contribution >= 0.6 is 11.3 Å². The first-order chi connectivity index (χ1) is 15.8. The number of anilines is 1. The van der Waals surface area contributed by atoms with Crippen molar-refractivity contribution in [1.29, 1.82) is 0 Å². The van der Waals surface area contributed by atoms with Gasteiger partial charge in [0, 0.05) is 24.2 Å². The molecule has 0 aliphatic carbocycles. The van der Waals surface area contributed by atoms with Gasteiger partial charge in [-0.3, -0.25) is 9.36 Å². The van der Waals surface area contributed by atoms with Crippen molar-refractivity contribution in [1.82, 2.24) is 19.6 Å². The van der Waals surface area contributed by atoms with Crippen molar-refractivity contribution in [2.75, 3.05) is 5.32 Å². The molecule has 0 saturated heterocycles. The van der Waals surface area contributed by atoms with Crippen LogP contribution in [0.1, 0.15) is 11.3 Å². The van der Waals surface area contributed by atoms with Gasteiger partial charge in [0.05, 0.1) is 11.9 Å². The summed E-state index contributed by atoms with van der Waals surface area (Å²) in [4.78, 5) is 29.6. The number of nitrogens with zero attached hydrogens (tertiary/aromatic N) is 2. The number of sulfonamides is 1. The lowest BCUT2D eigenvalue weighted by Crippen LogP contribution is -2.34. The first-order valence-corrected chi connectivity index (χ1v) is 12.1. The van der Waals surface area contributed by atoms with E-state index in [2.05, 4.69) is 15.6 Å². The van der Waals surface area contributed by atoms with Crippen molar-refractivity contribution in [3.63, 3.8) is 0 Å². The Morgan fingerprint density at radius 2 is 1.88 bits per heavy atom. The molecule has 1 aromatic carbocycles. The highest BCUT2D eigenvalue weighted by Crippen LogP contribution is 2.25. The minimum atomic E-state index is -4.20. The van der Waals surface area contributed by atoms with E-state index in [9.17, 15) is 22.4 Å². The second kappa shape index (κ2) is 8.06. The molecule has 4 aromatic rings.